The molecule has 1 aromatic carbocycles. The molecule has 3 amide bonds. The average molecular weight is 349 g/mol. The summed E-state index contributed by atoms with van der Waals surface area (Å²) in [5.74, 6) is -0.210. The van der Waals surface area contributed by atoms with Crippen LogP contribution in [0.2, 0.25) is 0 Å². The normalized spacial score (nSPS) is 15.3. The summed E-state index contributed by atoms with van der Waals surface area (Å²) in [6.45, 7) is 2.69. The SMILES string of the molecule is CC(Sc1nnc(Nc2ccccc2)s1)C(=O)N1CCNC1=O. The highest BCUT2D eigenvalue weighted by Gasteiger charge is 2.30. The van der Waals surface area contributed by atoms with Gasteiger partial charge in [0.25, 0.3) is 0 Å². The van der Waals surface area contributed by atoms with Gasteiger partial charge in [0.2, 0.25) is 11.0 Å². The van der Waals surface area contributed by atoms with E-state index in [-0.39, 0.29) is 11.9 Å². The number of para-hydroxylation sites is 1. The van der Waals surface area contributed by atoms with E-state index in [4.69, 9.17) is 0 Å². The molecule has 1 fully saturated rings. The van der Waals surface area contributed by atoms with Crippen LogP contribution in [-0.4, -0.2) is 45.4 Å². The molecular weight excluding hydrogens is 334 g/mol. The van der Waals surface area contributed by atoms with Crippen LogP contribution in [0.3, 0.4) is 0 Å². The molecule has 9 heteroatoms. The van der Waals surface area contributed by atoms with Gasteiger partial charge < -0.3 is 10.6 Å². The van der Waals surface area contributed by atoms with E-state index in [9.17, 15) is 9.59 Å². The molecule has 1 atom stereocenters. The lowest BCUT2D eigenvalue weighted by Gasteiger charge is -2.16. The number of amides is 3. The molecule has 2 N–H and O–H groups in total. The third kappa shape index (κ3) is 3.80. The molecule has 0 radical (unpaired) electrons. The second-order valence-electron chi connectivity index (χ2n) is 4.85. The van der Waals surface area contributed by atoms with E-state index < -0.39 is 5.25 Å². The molecule has 1 aliphatic heterocycles. The van der Waals surface area contributed by atoms with Crippen molar-refractivity contribution >= 4 is 45.9 Å². The number of benzene rings is 1. The van der Waals surface area contributed by atoms with Crippen molar-refractivity contribution in [1.29, 1.82) is 0 Å². The Hall–Kier alpha value is -2.13. The molecule has 120 valence electrons. The zero-order chi connectivity index (χ0) is 16.2. The van der Waals surface area contributed by atoms with E-state index in [0.29, 0.717) is 22.6 Å². The smallest absolute Gasteiger partial charge is 0.324 e. The van der Waals surface area contributed by atoms with Crippen LogP contribution in [0, 0.1) is 0 Å². The van der Waals surface area contributed by atoms with Crippen molar-refractivity contribution < 1.29 is 9.59 Å². The van der Waals surface area contributed by atoms with Gasteiger partial charge in [-0.2, -0.15) is 0 Å². The first-order valence-corrected chi connectivity index (χ1v) is 8.74. The van der Waals surface area contributed by atoms with Crippen LogP contribution in [0.1, 0.15) is 6.92 Å². The molecule has 3 rings (SSSR count). The van der Waals surface area contributed by atoms with E-state index in [1.165, 1.54) is 28.0 Å². The van der Waals surface area contributed by atoms with Crippen molar-refractivity contribution in [2.75, 3.05) is 18.4 Å². The Morgan fingerprint density at radius 1 is 1.39 bits per heavy atom. The predicted molar refractivity (Wildman–Crippen MR) is 90.1 cm³/mol. The quantitative estimate of drug-likeness (QED) is 0.806. The number of carbonyl (C=O) groups is 2. The number of aromatic nitrogens is 2. The first-order valence-electron chi connectivity index (χ1n) is 7.05. The monoisotopic (exact) mass is 349 g/mol. The van der Waals surface area contributed by atoms with Crippen LogP contribution in [0.5, 0.6) is 0 Å². The molecule has 0 aliphatic carbocycles. The van der Waals surface area contributed by atoms with Gasteiger partial charge in [0.05, 0.1) is 5.25 Å². The van der Waals surface area contributed by atoms with Crippen molar-refractivity contribution in [2.24, 2.45) is 0 Å². The van der Waals surface area contributed by atoms with Gasteiger partial charge in [0.1, 0.15) is 0 Å². The lowest BCUT2D eigenvalue weighted by Crippen LogP contribution is -2.38. The molecule has 1 aliphatic rings. The Balaban J connectivity index is 1.60. The number of carbonyl (C=O) groups excluding carboxylic acids is 2. The van der Waals surface area contributed by atoms with Crippen LogP contribution >= 0.6 is 23.1 Å². The average Bonchev–Trinajstić information content (AvgIpc) is 3.16. The van der Waals surface area contributed by atoms with Gasteiger partial charge in [0.15, 0.2) is 4.34 Å². The lowest BCUT2D eigenvalue weighted by atomic mass is 10.3. The van der Waals surface area contributed by atoms with Crippen LogP contribution < -0.4 is 10.6 Å². The fourth-order valence-electron chi connectivity index (χ4n) is 2.06. The number of urea groups is 1. The highest BCUT2D eigenvalue weighted by Crippen LogP contribution is 2.31. The summed E-state index contributed by atoms with van der Waals surface area (Å²) in [4.78, 5) is 25.0. The van der Waals surface area contributed by atoms with Crippen molar-refractivity contribution in [1.82, 2.24) is 20.4 Å². The van der Waals surface area contributed by atoms with Gasteiger partial charge in [-0.05, 0) is 19.1 Å². The Bertz CT molecular complexity index is 706. The second kappa shape index (κ2) is 6.97. The third-order valence-electron chi connectivity index (χ3n) is 3.18. The standard InChI is InChI=1S/C14H15N5O2S2/c1-9(11(20)19-8-7-15-13(19)21)22-14-18-17-12(23-14)16-10-5-3-2-4-6-10/h2-6,9H,7-8H2,1H3,(H,15,21)(H,16,17). The summed E-state index contributed by atoms with van der Waals surface area (Å²) in [5, 5.41) is 14.2. The third-order valence-corrected chi connectivity index (χ3v) is 5.19. The Morgan fingerprint density at radius 3 is 2.87 bits per heavy atom. The largest absolute Gasteiger partial charge is 0.336 e. The maximum absolute atomic E-state index is 12.2. The predicted octanol–water partition coefficient (Wildman–Crippen LogP) is 2.31. The van der Waals surface area contributed by atoms with E-state index in [1.54, 1.807) is 6.92 Å². The maximum atomic E-state index is 12.2. The summed E-state index contributed by atoms with van der Waals surface area (Å²) >= 11 is 2.68. The minimum absolute atomic E-state index is 0.210. The number of imide groups is 1. The van der Waals surface area contributed by atoms with Gasteiger partial charge in [0, 0.05) is 18.8 Å². The number of nitrogens with zero attached hydrogens (tertiary/aromatic N) is 3. The number of nitrogens with one attached hydrogen (secondary N) is 2. The van der Waals surface area contributed by atoms with Gasteiger partial charge in [-0.3, -0.25) is 9.69 Å². The molecular formula is C14H15N5O2S2. The van der Waals surface area contributed by atoms with Gasteiger partial charge in [-0.1, -0.05) is 41.3 Å². The number of anilines is 2. The maximum Gasteiger partial charge on any atom is 0.324 e. The van der Waals surface area contributed by atoms with E-state index >= 15 is 0 Å². The molecule has 7 nitrogen and oxygen atoms in total. The summed E-state index contributed by atoms with van der Waals surface area (Å²) < 4.78 is 0.684. The molecule has 0 spiro atoms. The molecule has 23 heavy (non-hydrogen) atoms. The molecule has 0 saturated carbocycles. The fourth-order valence-corrected chi connectivity index (χ4v) is 4.03. The Morgan fingerprint density at radius 2 is 2.17 bits per heavy atom. The lowest BCUT2D eigenvalue weighted by molar-refractivity contribution is -0.126. The second-order valence-corrected chi connectivity index (χ2v) is 7.41. The van der Waals surface area contributed by atoms with Crippen molar-refractivity contribution in [3.63, 3.8) is 0 Å². The zero-order valence-electron chi connectivity index (χ0n) is 12.4. The molecule has 0 bridgehead atoms. The fraction of sp³-hybridized carbons (Fsp3) is 0.286. The van der Waals surface area contributed by atoms with Crippen molar-refractivity contribution in [3.8, 4) is 0 Å². The first kappa shape index (κ1) is 15.8. The van der Waals surface area contributed by atoms with Crippen LogP contribution in [-0.2, 0) is 4.79 Å². The number of hydrogen-bond donors (Lipinski definition) is 2. The van der Waals surface area contributed by atoms with Gasteiger partial charge in [-0.25, -0.2) is 4.79 Å². The molecule has 1 unspecified atom stereocenters. The summed E-state index contributed by atoms with van der Waals surface area (Å²) in [6, 6.07) is 9.35. The summed E-state index contributed by atoms with van der Waals surface area (Å²) in [5.41, 5.74) is 0.929. The summed E-state index contributed by atoms with van der Waals surface area (Å²) in [6.07, 6.45) is 0. The Labute approximate surface area is 141 Å². The first-order chi connectivity index (χ1) is 11.1. The van der Waals surface area contributed by atoms with Crippen LogP contribution in [0.15, 0.2) is 34.7 Å². The van der Waals surface area contributed by atoms with Crippen LogP contribution in [0.25, 0.3) is 0 Å². The van der Waals surface area contributed by atoms with Crippen LogP contribution in [0.4, 0.5) is 15.6 Å². The number of hydrogen-bond acceptors (Lipinski definition) is 7. The molecule has 2 heterocycles. The molecule has 1 saturated heterocycles. The minimum atomic E-state index is -0.392. The van der Waals surface area contributed by atoms with E-state index in [0.717, 1.165) is 5.69 Å². The van der Waals surface area contributed by atoms with Crippen molar-refractivity contribution in [2.45, 2.75) is 16.5 Å². The van der Waals surface area contributed by atoms with E-state index in [2.05, 4.69) is 20.8 Å². The topological polar surface area (TPSA) is 87.2 Å². The van der Waals surface area contributed by atoms with Gasteiger partial charge in [-0.15, -0.1) is 10.2 Å². The van der Waals surface area contributed by atoms with Gasteiger partial charge >= 0.3 is 6.03 Å². The highest BCUT2D eigenvalue weighted by atomic mass is 32.2. The number of rotatable bonds is 5. The molecule has 1 aromatic heterocycles. The highest BCUT2D eigenvalue weighted by molar-refractivity contribution is 8.02. The molecule has 2 aromatic rings. The number of thioether (sulfide) groups is 1. The Kier molecular flexibility index (Phi) is 4.77. The summed E-state index contributed by atoms with van der Waals surface area (Å²) in [7, 11) is 0. The minimum Gasteiger partial charge on any atom is -0.336 e. The zero-order valence-corrected chi connectivity index (χ0v) is 14.0. The van der Waals surface area contributed by atoms with Crippen molar-refractivity contribution in [3.05, 3.63) is 30.3 Å². The van der Waals surface area contributed by atoms with E-state index in [1.807, 2.05) is 30.3 Å².